The Hall–Kier alpha value is -2.54. The Balaban J connectivity index is 2.40. The van der Waals surface area contributed by atoms with Crippen molar-refractivity contribution >= 4 is 23.2 Å². The number of amides is 1. The van der Waals surface area contributed by atoms with Crippen LogP contribution in [0.25, 0.3) is 0 Å². The van der Waals surface area contributed by atoms with Crippen molar-refractivity contribution in [3.8, 4) is 5.75 Å². The Labute approximate surface area is 124 Å². The topological polar surface area (TPSA) is 93.2 Å². The van der Waals surface area contributed by atoms with Gasteiger partial charge in [-0.05, 0) is 12.1 Å². The lowest BCUT2D eigenvalue weighted by atomic mass is 10.2. The van der Waals surface area contributed by atoms with Gasteiger partial charge in [0.05, 0.1) is 17.8 Å². The average molecular weight is 310 g/mol. The number of benzene rings is 1. The number of carbonyl (C=O) groups excluding carboxylic acids is 1. The van der Waals surface area contributed by atoms with Crippen LogP contribution in [0.3, 0.4) is 0 Å². The molecule has 2 aromatic rings. The molecule has 0 saturated carbocycles. The number of para-hydroxylation sites is 1. The minimum atomic E-state index is -0.767. The maximum absolute atomic E-state index is 12.1. The SMILES string of the molecule is COc1c(Cl)cccc1NC(=O)c1cn(C)c(=O)[nH]c1=O. The number of nitrogens with one attached hydrogen (secondary N) is 2. The van der Waals surface area contributed by atoms with Gasteiger partial charge in [-0.3, -0.25) is 14.6 Å². The number of anilines is 1. The first-order valence-corrected chi connectivity index (χ1v) is 6.25. The molecule has 0 aliphatic carbocycles. The minimum Gasteiger partial charge on any atom is -0.493 e. The van der Waals surface area contributed by atoms with Gasteiger partial charge in [0.15, 0.2) is 5.75 Å². The fourth-order valence-corrected chi connectivity index (χ4v) is 1.98. The zero-order valence-corrected chi connectivity index (χ0v) is 12.0. The van der Waals surface area contributed by atoms with Gasteiger partial charge in [0.2, 0.25) is 0 Å². The first-order valence-electron chi connectivity index (χ1n) is 5.88. The second-order valence-electron chi connectivity index (χ2n) is 4.19. The van der Waals surface area contributed by atoms with Crippen molar-refractivity contribution in [1.82, 2.24) is 9.55 Å². The number of H-pyrrole nitrogens is 1. The number of ether oxygens (including phenoxy) is 1. The average Bonchev–Trinajstić information content (AvgIpc) is 2.43. The maximum atomic E-state index is 12.1. The number of halogens is 1. The van der Waals surface area contributed by atoms with Crippen molar-refractivity contribution in [2.45, 2.75) is 0 Å². The van der Waals surface area contributed by atoms with Gasteiger partial charge in [0.1, 0.15) is 5.56 Å². The number of hydrogen-bond donors (Lipinski definition) is 2. The number of aromatic amines is 1. The monoisotopic (exact) mass is 309 g/mol. The van der Waals surface area contributed by atoms with Crippen LogP contribution in [0.2, 0.25) is 5.02 Å². The number of aromatic nitrogens is 2. The van der Waals surface area contributed by atoms with Crippen molar-refractivity contribution < 1.29 is 9.53 Å². The number of rotatable bonds is 3. The van der Waals surface area contributed by atoms with E-state index in [1.54, 1.807) is 18.2 Å². The molecule has 7 nitrogen and oxygen atoms in total. The molecule has 1 aromatic carbocycles. The van der Waals surface area contributed by atoms with E-state index in [0.717, 1.165) is 10.8 Å². The summed E-state index contributed by atoms with van der Waals surface area (Å²) in [7, 11) is 2.84. The van der Waals surface area contributed by atoms with E-state index in [0.29, 0.717) is 10.7 Å². The third-order valence-electron chi connectivity index (χ3n) is 2.77. The van der Waals surface area contributed by atoms with Gasteiger partial charge >= 0.3 is 5.69 Å². The molecule has 21 heavy (non-hydrogen) atoms. The predicted molar refractivity (Wildman–Crippen MR) is 78.3 cm³/mol. The highest BCUT2D eigenvalue weighted by Gasteiger charge is 2.15. The van der Waals surface area contributed by atoms with E-state index in [2.05, 4.69) is 5.32 Å². The summed E-state index contributed by atoms with van der Waals surface area (Å²) in [6, 6.07) is 4.82. The fourth-order valence-electron chi connectivity index (χ4n) is 1.73. The Bertz CT molecular complexity index is 810. The Kier molecular flexibility index (Phi) is 4.13. The predicted octanol–water partition coefficient (Wildman–Crippen LogP) is 0.988. The van der Waals surface area contributed by atoms with E-state index >= 15 is 0 Å². The first kappa shape index (κ1) is 14.9. The second-order valence-corrected chi connectivity index (χ2v) is 4.59. The highest BCUT2D eigenvalue weighted by Crippen LogP contribution is 2.32. The molecule has 0 aliphatic heterocycles. The highest BCUT2D eigenvalue weighted by molar-refractivity contribution is 6.32. The molecule has 0 fully saturated rings. The molecule has 1 amide bonds. The van der Waals surface area contributed by atoms with Crippen molar-refractivity contribution in [1.29, 1.82) is 0 Å². The Morgan fingerprint density at radius 2 is 2.10 bits per heavy atom. The van der Waals surface area contributed by atoms with Crippen LogP contribution in [-0.2, 0) is 7.05 Å². The lowest BCUT2D eigenvalue weighted by Crippen LogP contribution is -2.33. The largest absolute Gasteiger partial charge is 0.493 e. The summed E-state index contributed by atoms with van der Waals surface area (Å²) in [4.78, 5) is 37.1. The molecule has 2 rings (SSSR count). The van der Waals surface area contributed by atoms with Gasteiger partial charge in [-0.15, -0.1) is 0 Å². The molecule has 0 radical (unpaired) electrons. The first-order chi connectivity index (χ1) is 9.93. The normalized spacial score (nSPS) is 10.2. The van der Waals surface area contributed by atoms with Crippen LogP contribution in [0, 0.1) is 0 Å². The molecule has 1 aromatic heterocycles. The molecule has 0 spiro atoms. The summed E-state index contributed by atoms with van der Waals surface area (Å²) in [6.07, 6.45) is 1.16. The summed E-state index contributed by atoms with van der Waals surface area (Å²) in [5.74, 6) is -0.388. The van der Waals surface area contributed by atoms with Crippen LogP contribution < -0.4 is 21.3 Å². The van der Waals surface area contributed by atoms with Crippen molar-refractivity contribution in [3.63, 3.8) is 0 Å². The van der Waals surface area contributed by atoms with Crippen molar-refractivity contribution in [2.75, 3.05) is 12.4 Å². The summed E-state index contributed by atoms with van der Waals surface area (Å²) >= 11 is 5.95. The van der Waals surface area contributed by atoms with Crippen LogP contribution in [0.15, 0.2) is 34.0 Å². The molecule has 0 aliphatic rings. The Morgan fingerprint density at radius 3 is 2.76 bits per heavy atom. The number of methoxy groups -OCH3 is 1. The van der Waals surface area contributed by atoms with Crippen LogP contribution in [0.5, 0.6) is 5.75 Å². The van der Waals surface area contributed by atoms with E-state index in [1.807, 2.05) is 4.98 Å². The van der Waals surface area contributed by atoms with Crippen molar-refractivity contribution in [2.24, 2.45) is 7.05 Å². The number of hydrogen-bond acceptors (Lipinski definition) is 4. The molecule has 0 bridgehead atoms. The molecule has 0 unspecified atom stereocenters. The van der Waals surface area contributed by atoms with Crippen LogP contribution in [0.1, 0.15) is 10.4 Å². The quantitative estimate of drug-likeness (QED) is 0.884. The van der Waals surface area contributed by atoms with Crippen molar-refractivity contribution in [3.05, 3.63) is 55.8 Å². The van der Waals surface area contributed by atoms with Gasteiger partial charge in [-0.2, -0.15) is 0 Å². The maximum Gasteiger partial charge on any atom is 0.328 e. The third kappa shape index (κ3) is 2.97. The molecule has 0 saturated heterocycles. The molecule has 2 N–H and O–H groups in total. The second kappa shape index (κ2) is 5.84. The Morgan fingerprint density at radius 1 is 1.38 bits per heavy atom. The van der Waals surface area contributed by atoms with E-state index in [-0.39, 0.29) is 11.3 Å². The zero-order chi connectivity index (χ0) is 15.6. The highest BCUT2D eigenvalue weighted by atomic mass is 35.5. The molecule has 1 heterocycles. The van der Waals surface area contributed by atoms with Gasteiger partial charge < -0.3 is 14.6 Å². The van der Waals surface area contributed by atoms with Gasteiger partial charge in [-0.1, -0.05) is 17.7 Å². The number of nitrogens with zero attached hydrogens (tertiary/aromatic N) is 1. The zero-order valence-electron chi connectivity index (χ0n) is 11.3. The lowest BCUT2D eigenvalue weighted by Gasteiger charge is -2.11. The van der Waals surface area contributed by atoms with Crippen LogP contribution in [-0.4, -0.2) is 22.6 Å². The minimum absolute atomic E-state index is 0.195. The lowest BCUT2D eigenvalue weighted by molar-refractivity contribution is 0.102. The summed E-state index contributed by atoms with van der Waals surface area (Å²) in [5.41, 5.74) is -1.24. The van der Waals surface area contributed by atoms with E-state index < -0.39 is 17.2 Å². The van der Waals surface area contributed by atoms with Gasteiger partial charge in [0, 0.05) is 13.2 Å². The van der Waals surface area contributed by atoms with Gasteiger partial charge in [-0.25, -0.2) is 4.79 Å². The van der Waals surface area contributed by atoms with Crippen LogP contribution >= 0.6 is 11.6 Å². The smallest absolute Gasteiger partial charge is 0.328 e. The molecular formula is C13H12ClN3O4. The fraction of sp³-hybridized carbons (Fsp3) is 0.154. The van der Waals surface area contributed by atoms with E-state index in [9.17, 15) is 14.4 Å². The number of carbonyl (C=O) groups is 1. The van der Waals surface area contributed by atoms with Crippen LogP contribution in [0.4, 0.5) is 5.69 Å². The summed E-state index contributed by atoms with van der Waals surface area (Å²) < 4.78 is 6.20. The number of aryl methyl sites for hydroxylation is 1. The summed E-state index contributed by atoms with van der Waals surface area (Å²) in [6.45, 7) is 0. The third-order valence-corrected chi connectivity index (χ3v) is 3.07. The molecule has 8 heteroatoms. The summed E-state index contributed by atoms with van der Waals surface area (Å²) in [5, 5.41) is 2.85. The molecule has 110 valence electrons. The van der Waals surface area contributed by atoms with E-state index in [4.69, 9.17) is 16.3 Å². The molecule has 0 atom stereocenters. The standard InChI is InChI=1S/C13H12ClN3O4/c1-17-6-7(12(19)16-13(17)20)11(18)15-9-5-3-4-8(14)10(9)21-2/h3-6H,1-2H3,(H,15,18)(H,16,19,20). The van der Waals surface area contributed by atoms with E-state index in [1.165, 1.54) is 14.2 Å². The van der Waals surface area contributed by atoms with Gasteiger partial charge in [0.25, 0.3) is 11.5 Å². The molecular weight excluding hydrogens is 298 g/mol.